The van der Waals surface area contributed by atoms with E-state index in [1.54, 1.807) is 31.2 Å². The van der Waals surface area contributed by atoms with Gasteiger partial charge in [0.2, 0.25) is 17.5 Å². The number of benzene rings is 2. The number of nitro benzene ring substituents is 1. The number of phenolic OH excluding ortho intramolecular Hbond substituents is 1. The maximum Gasteiger partial charge on any atom is 0.314 e. The third-order valence-electron chi connectivity index (χ3n) is 4.98. The number of hydrogen-bond acceptors (Lipinski definition) is 8. The Labute approximate surface area is 186 Å². The van der Waals surface area contributed by atoms with E-state index in [9.17, 15) is 20.5 Å². The number of aromatic nitrogens is 2. The predicted molar refractivity (Wildman–Crippen MR) is 114 cm³/mol. The lowest BCUT2D eigenvalue weighted by atomic mass is 9.82. The number of nitro groups is 1. The molecule has 10 nitrogen and oxygen atoms in total. The number of phenols is 1. The number of nitrogens with zero attached hydrogens (tertiary/aromatic N) is 3. The van der Waals surface area contributed by atoms with Gasteiger partial charge in [0.15, 0.2) is 5.75 Å². The highest BCUT2D eigenvalue weighted by Crippen LogP contribution is 2.48. The standard InChI is InChI=1S/C21H16ClN5O5/c1-2-31-15-8-11(7-14(19(15)28)27(29)30)16-13(9-23)20(24)32-21-17(16)18(25-26-21)10-3-5-12(22)6-4-10/h3-8,16,28H,2,24H2,1H3,(H,25,26). The van der Waals surface area contributed by atoms with E-state index in [2.05, 4.69) is 10.2 Å². The molecule has 0 bridgehead atoms. The SMILES string of the molecule is CCOc1cc(C2C(C#N)=C(N)Oc3n[nH]c(-c4ccc(Cl)cc4)c32)cc([N+](=O)[O-])c1O. The summed E-state index contributed by atoms with van der Waals surface area (Å²) >= 11 is 6.00. The van der Waals surface area contributed by atoms with Crippen molar-refractivity contribution < 1.29 is 19.5 Å². The molecule has 4 N–H and O–H groups in total. The molecule has 0 radical (unpaired) electrons. The molecule has 11 heteroatoms. The summed E-state index contributed by atoms with van der Waals surface area (Å²) < 4.78 is 10.9. The number of halogens is 1. The monoisotopic (exact) mass is 453 g/mol. The predicted octanol–water partition coefficient (Wildman–Crippen LogP) is 3.96. The van der Waals surface area contributed by atoms with Gasteiger partial charge < -0.3 is 20.3 Å². The minimum atomic E-state index is -0.869. The zero-order chi connectivity index (χ0) is 23.0. The Balaban J connectivity index is 1.99. The van der Waals surface area contributed by atoms with Gasteiger partial charge in [-0.1, -0.05) is 23.7 Å². The van der Waals surface area contributed by atoms with E-state index >= 15 is 0 Å². The van der Waals surface area contributed by atoms with Crippen molar-refractivity contribution in [3.8, 4) is 34.7 Å². The van der Waals surface area contributed by atoms with E-state index in [0.717, 1.165) is 0 Å². The molecule has 0 amide bonds. The van der Waals surface area contributed by atoms with Crippen LogP contribution in [0.15, 0.2) is 47.9 Å². The summed E-state index contributed by atoms with van der Waals surface area (Å²) in [5.74, 6) is -1.60. The van der Waals surface area contributed by atoms with Crippen molar-refractivity contribution in [2.75, 3.05) is 6.61 Å². The molecule has 0 saturated heterocycles. The summed E-state index contributed by atoms with van der Waals surface area (Å²) in [5, 5.41) is 39.3. The number of aromatic hydroxyl groups is 1. The fourth-order valence-corrected chi connectivity index (χ4v) is 3.73. The van der Waals surface area contributed by atoms with Crippen LogP contribution in [0.5, 0.6) is 17.4 Å². The molecule has 0 fully saturated rings. The lowest BCUT2D eigenvalue weighted by molar-refractivity contribution is -0.386. The lowest BCUT2D eigenvalue weighted by Gasteiger charge is -2.24. The highest BCUT2D eigenvalue weighted by molar-refractivity contribution is 6.30. The average Bonchev–Trinajstić information content (AvgIpc) is 3.18. The van der Waals surface area contributed by atoms with Gasteiger partial charge in [0.1, 0.15) is 11.6 Å². The van der Waals surface area contributed by atoms with Gasteiger partial charge in [-0.3, -0.25) is 15.2 Å². The van der Waals surface area contributed by atoms with Crippen LogP contribution in [0.1, 0.15) is 24.0 Å². The van der Waals surface area contributed by atoms with Crippen LogP contribution in [0.4, 0.5) is 5.69 Å². The van der Waals surface area contributed by atoms with Crippen molar-refractivity contribution in [1.82, 2.24) is 10.2 Å². The fourth-order valence-electron chi connectivity index (χ4n) is 3.60. The first kappa shape index (κ1) is 21.0. The Morgan fingerprint density at radius 3 is 2.75 bits per heavy atom. The number of hydrogen-bond donors (Lipinski definition) is 3. The molecule has 162 valence electrons. The molecule has 0 saturated carbocycles. The summed E-state index contributed by atoms with van der Waals surface area (Å²) in [6.45, 7) is 1.84. The molecule has 1 unspecified atom stereocenters. The van der Waals surface area contributed by atoms with Crippen LogP contribution in [0.3, 0.4) is 0 Å². The molecule has 3 aromatic rings. The van der Waals surface area contributed by atoms with Crippen LogP contribution >= 0.6 is 11.6 Å². The van der Waals surface area contributed by atoms with E-state index < -0.39 is 22.3 Å². The van der Waals surface area contributed by atoms with Crippen molar-refractivity contribution in [3.05, 3.63) is 74.1 Å². The molecule has 4 rings (SSSR count). The molecule has 0 spiro atoms. The van der Waals surface area contributed by atoms with Crippen LogP contribution in [0.2, 0.25) is 5.02 Å². The highest BCUT2D eigenvalue weighted by atomic mass is 35.5. The van der Waals surface area contributed by atoms with Gasteiger partial charge in [0.05, 0.1) is 28.7 Å². The normalized spacial score (nSPS) is 15.0. The van der Waals surface area contributed by atoms with Gasteiger partial charge in [-0.25, -0.2) is 0 Å². The smallest absolute Gasteiger partial charge is 0.314 e. The van der Waals surface area contributed by atoms with E-state index in [1.807, 2.05) is 6.07 Å². The van der Waals surface area contributed by atoms with Crippen molar-refractivity contribution in [1.29, 1.82) is 5.26 Å². The van der Waals surface area contributed by atoms with E-state index in [4.69, 9.17) is 26.8 Å². The Morgan fingerprint density at radius 2 is 2.12 bits per heavy atom. The first-order valence-electron chi connectivity index (χ1n) is 9.41. The second-order valence-corrected chi connectivity index (χ2v) is 7.26. The number of fused-ring (bicyclic) bond motifs is 1. The van der Waals surface area contributed by atoms with Gasteiger partial charge in [-0.2, -0.15) is 5.26 Å². The lowest BCUT2D eigenvalue weighted by Crippen LogP contribution is -2.21. The van der Waals surface area contributed by atoms with E-state index in [-0.39, 0.29) is 29.7 Å². The van der Waals surface area contributed by atoms with Crippen molar-refractivity contribution in [2.24, 2.45) is 5.73 Å². The number of ether oxygens (including phenoxy) is 2. The Morgan fingerprint density at radius 1 is 1.41 bits per heavy atom. The maximum atomic E-state index is 11.6. The Kier molecular flexibility index (Phi) is 5.34. The van der Waals surface area contributed by atoms with Gasteiger partial charge in [0, 0.05) is 16.7 Å². The minimum absolute atomic E-state index is 0.0385. The minimum Gasteiger partial charge on any atom is -0.500 e. The molecule has 2 heterocycles. The first-order chi connectivity index (χ1) is 15.3. The average molecular weight is 454 g/mol. The maximum absolute atomic E-state index is 11.6. The third kappa shape index (κ3) is 3.44. The van der Waals surface area contributed by atoms with Crippen LogP contribution in [-0.2, 0) is 0 Å². The first-order valence-corrected chi connectivity index (χ1v) is 9.79. The van der Waals surface area contributed by atoms with E-state index in [0.29, 0.717) is 27.4 Å². The summed E-state index contributed by atoms with van der Waals surface area (Å²) in [6.07, 6.45) is 0. The van der Waals surface area contributed by atoms with Crippen molar-refractivity contribution in [3.63, 3.8) is 0 Å². The second-order valence-electron chi connectivity index (χ2n) is 6.83. The van der Waals surface area contributed by atoms with Gasteiger partial charge in [-0.15, -0.1) is 5.10 Å². The molecule has 1 atom stereocenters. The summed E-state index contributed by atoms with van der Waals surface area (Å²) in [7, 11) is 0. The van der Waals surface area contributed by atoms with Crippen molar-refractivity contribution >= 4 is 17.3 Å². The number of aromatic amines is 1. The van der Waals surface area contributed by atoms with Crippen LogP contribution < -0.4 is 15.2 Å². The Bertz CT molecular complexity index is 1290. The molecule has 2 aromatic carbocycles. The molecule has 0 aliphatic carbocycles. The van der Waals surface area contributed by atoms with Gasteiger partial charge >= 0.3 is 5.69 Å². The molecule has 1 aliphatic heterocycles. The zero-order valence-electron chi connectivity index (χ0n) is 16.6. The molecular weight excluding hydrogens is 438 g/mol. The number of H-pyrrole nitrogens is 1. The molecule has 32 heavy (non-hydrogen) atoms. The number of nitrogens with two attached hydrogens (primary N) is 1. The van der Waals surface area contributed by atoms with Gasteiger partial charge in [-0.05, 0) is 30.7 Å². The second kappa shape index (κ2) is 8.13. The summed E-state index contributed by atoms with van der Waals surface area (Å²) in [4.78, 5) is 10.9. The number of nitrogens with one attached hydrogen (secondary N) is 1. The zero-order valence-corrected chi connectivity index (χ0v) is 17.4. The highest BCUT2D eigenvalue weighted by Gasteiger charge is 2.37. The largest absolute Gasteiger partial charge is 0.500 e. The molecular formula is C21H16ClN5O5. The molecule has 1 aliphatic rings. The van der Waals surface area contributed by atoms with Crippen LogP contribution in [-0.4, -0.2) is 26.8 Å². The summed E-state index contributed by atoms with van der Waals surface area (Å²) in [5.41, 5.74) is 7.44. The van der Waals surface area contributed by atoms with Crippen LogP contribution in [0.25, 0.3) is 11.3 Å². The topological polar surface area (TPSA) is 160 Å². The van der Waals surface area contributed by atoms with E-state index in [1.165, 1.54) is 12.1 Å². The number of nitriles is 1. The molecule has 1 aromatic heterocycles. The number of allylic oxidation sites excluding steroid dienone is 1. The fraction of sp³-hybridized carbons (Fsp3) is 0.143. The third-order valence-corrected chi connectivity index (χ3v) is 5.23. The quantitative estimate of drug-likeness (QED) is 0.386. The van der Waals surface area contributed by atoms with Gasteiger partial charge in [0.25, 0.3) is 0 Å². The Hall–Kier alpha value is -4.23. The van der Waals surface area contributed by atoms with Crippen LogP contribution in [0, 0.1) is 21.4 Å². The number of rotatable bonds is 5. The summed E-state index contributed by atoms with van der Waals surface area (Å²) in [6, 6.07) is 11.5. The van der Waals surface area contributed by atoms with Crippen molar-refractivity contribution in [2.45, 2.75) is 12.8 Å².